The van der Waals surface area contributed by atoms with Crippen molar-refractivity contribution in [1.29, 1.82) is 0 Å². The Morgan fingerprint density at radius 2 is 2.06 bits per heavy atom. The average Bonchev–Trinajstić information content (AvgIpc) is 2.90. The molecule has 3 heteroatoms. The normalized spacial score (nSPS) is 18.0. The molecule has 1 saturated carbocycles. The third kappa shape index (κ3) is 2.65. The minimum Gasteiger partial charge on any atom is -0.495 e. The van der Waals surface area contributed by atoms with Gasteiger partial charge in [-0.2, -0.15) is 0 Å². The second kappa shape index (κ2) is 5.94. The van der Waals surface area contributed by atoms with Crippen LogP contribution < -0.4 is 4.74 Å². The topological polar surface area (TPSA) is 29.5 Å². The molecule has 1 N–H and O–H groups in total. The van der Waals surface area contributed by atoms with Gasteiger partial charge in [0, 0.05) is 12.5 Å². The summed E-state index contributed by atoms with van der Waals surface area (Å²) in [4.78, 5) is 0. The lowest BCUT2D eigenvalue weighted by atomic mass is 9.91. The van der Waals surface area contributed by atoms with Crippen molar-refractivity contribution in [2.45, 2.75) is 44.4 Å². The van der Waals surface area contributed by atoms with Gasteiger partial charge in [-0.25, -0.2) is 0 Å². The quantitative estimate of drug-likeness (QED) is 0.891. The first-order valence-corrected chi connectivity index (χ1v) is 7.03. The summed E-state index contributed by atoms with van der Waals surface area (Å²) < 4.78 is 5.46. The Morgan fingerprint density at radius 1 is 1.39 bits per heavy atom. The number of aliphatic hydroxyl groups is 1. The predicted octanol–water partition coefficient (Wildman–Crippen LogP) is 4.10. The van der Waals surface area contributed by atoms with Gasteiger partial charge < -0.3 is 9.84 Å². The minimum absolute atomic E-state index is 0.119. The molecule has 1 atom stereocenters. The van der Waals surface area contributed by atoms with E-state index < -0.39 is 0 Å². The van der Waals surface area contributed by atoms with Crippen LogP contribution in [0.3, 0.4) is 0 Å². The summed E-state index contributed by atoms with van der Waals surface area (Å²) in [5.41, 5.74) is 2.32. The molecule has 1 aromatic carbocycles. The standard InChI is InChI=1S/C15H21ClO2/c1-10(9-17)12-7-13(11-5-3-4-6-11)15(18-2)14(16)8-12/h7-8,10-11,17H,3-6,9H2,1-2H3. The minimum atomic E-state index is 0.119. The number of ether oxygens (including phenoxy) is 1. The van der Waals surface area contributed by atoms with E-state index in [0.717, 1.165) is 11.3 Å². The van der Waals surface area contributed by atoms with Gasteiger partial charge in [0.1, 0.15) is 5.75 Å². The Hall–Kier alpha value is -0.730. The molecule has 0 spiro atoms. The van der Waals surface area contributed by atoms with Crippen LogP contribution >= 0.6 is 11.6 Å². The molecule has 0 aliphatic heterocycles. The van der Waals surface area contributed by atoms with Crippen LogP contribution in [0, 0.1) is 0 Å². The van der Waals surface area contributed by atoms with Gasteiger partial charge in [-0.1, -0.05) is 37.4 Å². The van der Waals surface area contributed by atoms with E-state index in [1.807, 2.05) is 13.0 Å². The van der Waals surface area contributed by atoms with Crippen molar-refractivity contribution in [3.8, 4) is 5.75 Å². The van der Waals surface area contributed by atoms with E-state index in [2.05, 4.69) is 6.07 Å². The Morgan fingerprint density at radius 3 is 2.61 bits per heavy atom. The van der Waals surface area contributed by atoms with Gasteiger partial charge in [-0.05, 0) is 36.0 Å². The smallest absolute Gasteiger partial charge is 0.140 e. The highest BCUT2D eigenvalue weighted by molar-refractivity contribution is 6.32. The summed E-state index contributed by atoms with van der Waals surface area (Å²) in [5, 5.41) is 9.95. The lowest BCUT2D eigenvalue weighted by Crippen LogP contribution is -2.04. The second-order valence-electron chi connectivity index (χ2n) is 5.19. The Labute approximate surface area is 114 Å². The molecular formula is C15H21ClO2. The molecule has 2 rings (SSSR count). The zero-order valence-electron chi connectivity index (χ0n) is 11.1. The highest BCUT2D eigenvalue weighted by atomic mass is 35.5. The van der Waals surface area contributed by atoms with E-state index in [1.165, 1.54) is 31.2 Å². The van der Waals surface area contributed by atoms with Crippen LogP contribution in [-0.2, 0) is 0 Å². The number of aliphatic hydroxyl groups excluding tert-OH is 1. The van der Waals surface area contributed by atoms with Crippen molar-refractivity contribution >= 4 is 11.6 Å². The fraction of sp³-hybridized carbons (Fsp3) is 0.600. The second-order valence-corrected chi connectivity index (χ2v) is 5.60. The van der Waals surface area contributed by atoms with Crippen molar-refractivity contribution in [2.24, 2.45) is 0 Å². The van der Waals surface area contributed by atoms with Crippen LogP contribution in [0.15, 0.2) is 12.1 Å². The predicted molar refractivity (Wildman–Crippen MR) is 74.7 cm³/mol. The Balaban J connectivity index is 2.43. The summed E-state index contributed by atoms with van der Waals surface area (Å²) in [6.07, 6.45) is 4.99. The maximum atomic E-state index is 9.29. The largest absolute Gasteiger partial charge is 0.495 e. The van der Waals surface area contributed by atoms with E-state index in [1.54, 1.807) is 7.11 Å². The lowest BCUT2D eigenvalue weighted by Gasteiger charge is -2.19. The first-order chi connectivity index (χ1) is 8.67. The molecule has 0 heterocycles. The van der Waals surface area contributed by atoms with Crippen molar-refractivity contribution in [3.05, 3.63) is 28.3 Å². The van der Waals surface area contributed by atoms with Crippen LogP contribution in [-0.4, -0.2) is 18.8 Å². The molecule has 2 nitrogen and oxygen atoms in total. The molecule has 0 bridgehead atoms. The number of hydrogen-bond acceptors (Lipinski definition) is 2. The summed E-state index contributed by atoms with van der Waals surface area (Å²) in [6.45, 7) is 2.16. The van der Waals surface area contributed by atoms with Gasteiger partial charge in [0.05, 0.1) is 12.1 Å². The molecule has 0 amide bonds. The number of rotatable bonds is 4. The molecular weight excluding hydrogens is 248 g/mol. The summed E-state index contributed by atoms with van der Waals surface area (Å²) in [5.74, 6) is 1.49. The maximum absolute atomic E-state index is 9.29. The molecule has 0 aromatic heterocycles. The molecule has 1 aliphatic carbocycles. The third-order valence-corrected chi connectivity index (χ3v) is 4.22. The van der Waals surface area contributed by atoms with E-state index in [-0.39, 0.29) is 12.5 Å². The van der Waals surface area contributed by atoms with Crippen molar-refractivity contribution in [2.75, 3.05) is 13.7 Å². The van der Waals surface area contributed by atoms with Gasteiger partial charge in [0.2, 0.25) is 0 Å². The maximum Gasteiger partial charge on any atom is 0.140 e. The van der Waals surface area contributed by atoms with Crippen LogP contribution in [0.4, 0.5) is 0 Å². The summed E-state index contributed by atoms with van der Waals surface area (Å²) >= 11 is 6.31. The zero-order chi connectivity index (χ0) is 13.1. The van der Waals surface area contributed by atoms with Crippen molar-refractivity contribution in [1.82, 2.24) is 0 Å². The van der Waals surface area contributed by atoms with Crippen LogP contribution in [0.5, 0.6) is 5.75 Å². The summed E-state index contributed by atoms with van der Waals surface area (Å²) in [7, 11) is 1.68. The lowest BCUT2D eigenvalue weighted by molar-refractivity contribution is 0.273. The first-order valence-electron chi connectivity index (χ1n) is 6.65. The SMILES string of the molecule is COc1c(Cl)cc(C(C)CO)cc1C1CCCC1. The van der Waals surface area contributed by atoms with E-state index in [0.29, 0.717) is 10.9 Å². The molecule has 100 valence electrons. The molecule has 18 heavy (non-hydrogen) atoms. The first kappa shape index (κ1) is 13.7. The number of hydrogen-bond donors (Lipinski definition) is 1. The molecule has 0 radical (unpaired) electrons. The van der Waals surface area contributed by atoms with Crippen molar-refractivity contribution in [3.63, 3.8) is 0 Å². The third-order valence-electron chi connectivity index (χ3n) is 3.94. The molecule has 1 aromatic rings. The molecule has 1 aliphatic rings. The molecule has 1 fully saturated rings. The molecule has 1 unspecified atom stereocenters. The highest BCUT2D eigenvalue weighted by Gasteiger charge is 2.23. The van der Waals surface area contributed by atoms with E-state index >= 15 is 0 Å². The van der Waals surface area contributed by atoms with Crippen LogP contribution in [0.1, 0.15) is 55.6 Å². The molecule has 0 saturated heterocycles. The number of halogens is 1. The van der Waals surface area contributed by atoms with Gasteiger partial charge in [-0.15, -0.1) is 0 Å². The van der Waals surface area contributed by atoms with Gasteiger partial charge in [-0.3, -0.25) is 0 Å². The highest BCUT2D eigenvalue weighted by Crippen LogP contribution is 2.43. The number of benzene rings is 1. The van der Waals surface area contributed by atoms with Crippen LogP contribution in [0.25, 0.3) is 0 Å². The Bertz CT molecular complexity index is 411. The fourth-order valence-electron chi connectivity index (χ4n) is 2.78. The van der Waals surface area contributed by atoms with Gasteiger partial charge >= 0.3 is 0 Å². The number of methoxy groups -OCH3 is 1. The summed E-state index contributed by atoms with van der Waals surface area (Å²) in [6, 6.07) is 4.08. The van der Waals surface area contributed by atoms with Gasteiger partial charge in [0.25, 0.3) is 0 Å². The van der Waals surface area contributed by atoms with E-state index in [4.69, 9.17) is 16.3 Å². The average molecular weight is 269 g/mol. The van der Waals surface area contributed by atoms with Crippen LogP contribution in [0.2, 0.25) is 5.02 Å². The Kier molecular flexibility index (Phi) is 4.52. The van der Waals surface area contributed by atoms with Gasteiger partial charge in [0.15, 0.2) is 0 Å². The fourth-order valence-corrected chi connectivity index (χ4v) is 3.09. The van der Waals surface area contributed by atoms with Crippen molar-refractivity contribution < 1.29 is 9.84 Å². The zero-order valence-corrected chi connectivity index (χ0v) is 11.8. The van der Waals surface area contributed by atoms with E-state index in [9.17, 15) is 5.11 Å². The monoisotopic (exact) mass is 268 g/mol.